The third kappa shape index (κ3) is 3.70. The van der Waals surface area contributed by atoms with Crippen LogP contribution in [-0.2, 0) is 6.54 Å². The van der Waals surface area contributed by atoms with Crippen molar-refractivity contribution in [1.29, 1.82) is 0 Å². The number of likely N-dealkylation sites (tertiary alicyclic amines) is 1. The van der Waals surface area contributed by atoms with E-state index in [1.807, 2.05) is 6.07 Å². The fourth-order valence-electron chi connectivity index (χ4n) is 3.25. The zero-order valence-electron chi connectivity index (χ0n) is 14.6. The Balaban J connectivity index is 1.61. The lowest BCUT2D eigenvalue weighted by Gasteiger charge is -2.21. The molecule has 2 aromatic rings. The van der Waals surface area contributed by atoms with E-state index in [0.717, 1.165) is 56.3 Å². The molecule has 0 aliphatic carbocycles. The lowest BCUT2D eigenvalue weighted by Crippen LogP contribution is -2.40. The van der Waals surface area contributed by atoms with Crippen LogP contribution in [0.15, 0.2) is 29.3 Å². The first-order valence-electron chi connectivity index (χ1n) is 8.82. The molecule has 1 saturated heterocycles. The largest absolute Gasteiger partial charge is 0.391 e. The van der Waals surface area contributed by atoms with Crippen LogP contribution in [0, 0.1) is 6.92 Å². The molecule has 3 rings (SSSR count). The van der Waals surface area contributed by atoms with Crippen LogP contribution in [0.2, 0.25) is 0 Å². The maximum absolute atomic E-state index is 9.71. The number of nitrogens with one attached hydrogen (secondary N) is 1. The molecular weight excluding hydrogens is 302 g/mol. The second-order valence-electron chi connectivity index (χ2n) is 6.28. The number of aromatic nitrogens is 2. The lowest BCUT2D eigenvalue weighted by molar-refractivity contribution is 0.188. The van der Waals surface area contributed by atoms with Gasteiger partial charge in [-0.05, 0) is 38.8 Å². The van der Waals surface area contributed by atoms with E-state index in [1.165, 1.54) is 5.52 Å². The third-order valence-corrected chi connectivity index (χ3v) is 4.44. The number of para-hydroxylation sites is 2. The minimum Gasteiger partial charge on any atom is -0.391 e. The van der Waals surface area contributed by atoms with Crippen molar-refractivity contribution in [1.82, 2.24) is 19.8 Å². The summed E-state index contributed by atoms with van der Waals surface area (Å²) in [5.74, 6) is 1.97. The number of hydrogen-bond acceptors (Lipinski definition) is 3. The van der Waals surface area contributed by atoms with Gasteiger partial charge in [0.05, 0.1) is 17.1 Å². The molecule has 1 atom stereocenters. The molecule has 6 nitrogen and oxygen atoms in total. The van der Waals surface area contributed by atoms with E-state index in [2.05, 4.69) is 51.8 Å². The molecule has 0 unspecified atom stereocenters. The van der Waals surface area contributed by atoms with Crippen molar-refractivity contribution in [3.8, 4) is 0 Å². The van der Waals surface area contributed by atoms with Crippen LogP contribution in [0.25, 0.3) is 11.0 Å². The third-order valence-electron chi connectivity index (χ3n) is 4.44. The molecule has 0 amide bonds. The van der Waals surface area contributed by atoms with Gasteiger partial charge in [0.15, 0.2) is 5.96 Å². The summed E-state index contributed by atoms with van der Waals surface area (Å²) in [5.41, 5.74) is 2.24. The number of aryl methyl sites for hydroxylation is 2. The normalized spacial score (nSPS) is 18.5. The smallest absolute Gasteiger partial charge is 0.194 e. The van der Waals surface area contributed by atoms with E-state index in [4.69, 9.17) is 4.99 Å². The van der Waals surface area contributed by atoms with Gasteiger partial charge in [0.2, 0.25) is 0 Å². The monoisotopic (exact) mass is 329 g/mol. The number of aliphatic hydroxyl groups is 1. The van der Waals surface area contributed by atoms with Crippen LogP contribution in [0.3, 0.4) is 0 Å². The zero-order chi connectivity index (χ0) is 16.9. The molecule has 130 valence electrons. The summed E-state index contributed by atoms with van der Waals surface area (Å²) in [5, 5.41) is 13.0. The molecule has 1 aliphatic heterocycles. The van der Waals surface area contributed by atoms with Crippen LogP contribution in [-0.4, -0.2) is 57.8 Å². The topological polar surface area (TPSA) is 65.7 Å². The highest BCUT2D eigenvalue weighted by Crippen LogP contribution is 2.16. The number of rotatable bonds is 5. The fraction of sp³-hybridized carbons (Fsp3) is 0.556. The Morgan fingerprint density at radius 1 is 1.42 bits per heavy atom. The minimum atomic E-state index is -0.228. The fourth-order valence-corrected chi connectivity index (χ4v) is 3.25. The number of aliphatic imine (C=N–C) groups is 1. The van der Waals surface area contributed by atoms with Crippen molar-refractivity contribution < 1.29 is 5.11 Å². The number of benzene rings is 1. The SMILES string of the molecule is CCNC(=NCCCn1c(C)nc2ccccc21)N1CC[C@@H](O)C1. The number of aliphatic hydroxyl groups excluding tert-OH is 1. The van der Waals surface area contributed by atoms with Gasteiger partial charge in [0.25, 0.3) is 0 Å². The van der Waals surface area contributed by atoms with Crippen LogP contribution in [0.1, 0.15) is 25.6 Å². The summed E-state index contributed by atoms with van der Waals surface area (Å²) in [4.78, 5) is 11.5. The second-order valence-corrected chi connectivity index (χ2v) is 6.28. The van der Waals surface area contributed by atoms with Crippen LogP contribution in [0.5, 0.6) is 0 Å². The highest BCUT2D eigenvalue weighted by molar-refractivity contribution is 5.80. The molecule has 24 heavy (non-hydrogen) atoms. The maximum atomic E-state index is 9.71. The molecule has 2 heterocycles. The van der Waals surface area contributed by atoms with Crippen molar-refractivity contribution in [2.45, 2.75) is 39.3 Å². The number of imidazole rings is 1. The average Bonchev–Trinajstić information content (AvgIpc) is 3.14. The van der Waals surface area contributed by atoms with E-state index in [-0.39, 0.29) is 6.10 Å². The van der Waals surface area contributed by atoms with Gasteiger partial charge < -0.3 is 19.9 Å². The number of β-amino-alcohol motifs (C(OH)–C–C–N with tert-alkyl or cyclic N) is 1. The first kappa shape index (κ1) is 16.8. The van der Waals surface area contributed by atoms with Gasteiger partial charge in [-0.25, -0.2) is 4.98 Å². The van der Waals surface area contributed by atoms with Gasteiger partial charge in [-0.15, -0.1) is 0 Å². The van der Waals surface area contributed by atoms with Crippen molar-refractivity contribution in [3.05, 3.63) is 30.1 Å². The van der Waals surface area contributed by atoms with Gasteiger partial charge in [0.1, 0.15) is 5.82 Å². The summed E-state index contributed by atoms with van der Waals surface area (Å²) in [6.45, 7) is 8.20. The summed E-state index contributed by atoms with van der Waals surface area (Å²) in [6.07, 6.45) is 1.56. The zero-order valence-corrected chi connectivity index (χ0v) is 14.6. The molecule has 2 N–H and O–H groups in total. The molecule has 1 aromatic heterocycles. The predicted molar refractivity (Wildman–Crippen MR) is 97.3 cm³/mol. The molecule has 1 aliphatic rings. The van der Waals surface area contributed by atoms with Crippen molar-refractivity contribution >= 4 is 17.0 Å². The number of nitrogens with zero attached hydrogens (tertiary/aromatic N) is 4. The first-order chi connectivity index (χ1) is 11.7. The van der Waals surface area contributed by atoms with Crippen molar-refractivity contribution in [2.75, 3.05) is 26.2 Å². The van der Waals surface area contributed by atoms with E-state index < -0.39 is 0 Å². The molecule has 0 radical (unpaired) electrons. The molecule has 0 saturated carbocycles. The van der Waals surface area contributed by atoms with Gasteiger partial charge in [-0.1, -0.05) is 12.1 Å². The van der Waals surface area contributed by atoms with Crippen LogP contribution >= 0.6 is 0 Å². The average molecular weight is 329 g/mol. The maximum Gasteiger partial charge on any atom is 0.194 e. The summed E-state index contributed by atoms with van der Waals surface area (Å²) >= 11 is 0. The van der Waals surface area contributed by atoms with Gasteiger partial charge in [0, 0.05) is 32.7 Å². The Labute approximate surface area is 143 Å². The Kier molecular flexibility index (Phi) is 5.35. The first-order valence-corrected chi connectivity index (χ1v) is 8.82. The summed E-state index contributed by atoms with van der Waals surface area (Å²) in [6, 6.07) is 8.25. The second kappa shape index (κ2) is 7.66. The van der Waals surface area contributed by atoms with Crippen LogP contribution < -0.4 is 5.32 Å². The molecular formula is C18H27N5O. The Morgan fingerprint density at radius 3 is 3.00 bits per heavy atom. The number of hydrogen-bond donors (Lipinski definition) is 2. The standard InChI is InChI=1S/C18H27N5O/c1-3-19-18(22-12-9-15(24)13-22)20-10-6-11-23-14(2)21-16-7-4-5-8-17(16)23/h4-5,7-8,15,24H,3,6,9-13H2,1-2H3,(H,19,20)/t15-/m1/s1. The van der Waals surface area contributed by atoms with E-state index in [9.17, 15) is 5.11 Å². The van der Waals surface area contributed by atoms with Gasteiger partial charge in [-0.3, -0.25) is 4.99 Å². The lowest BCUT2D eigenvalue weighted by atomic mass is 10.3. The summed E-state index contributed by atoms with van der Waals surface area (Å²) < 4.78 is 2.26. The highest BCUT2D eigenvalue weighted by atomic mass is 16.3. The predicted octanol–water partition coefficient (Wildman–Crippen LogP) is 1.77. The van der Waals surface area contributed by atoms with E-state index in [1.54, 1.807) is 0 Å². The van der Waals surface area contributed by atoms with Crippen molar-refractivity contribution in [2.24, 2.45) is 4.99 Å². The number of guanidine groups is 1. The van der Waals surface area contributed by atoms with Crippen LogP contribution in [0.4, 0.5) is 0 Å². The minimum absolute atomic E-state index is 0.228. The Morgan fingerprint density at radius 2 is 2.25 bits per heavy atom. The Bertz CT molecular complexity index is 708. The van der Waals surface area contributed by atoms with E-state index in [0.29, 0.717) is 6.54 Å². The van der Waals surface area contributed by atoms with Crippen molar-refractivity contribution in [3.63, 3.8) is 0 Å². The highest BCUT2D eigenvalue weighted by Gasteiger charge is 2.22. The van der Waals surface area contributed by atoms with Gasteiger partial charge in [-0.2, -0.15) is 0 Å². The molecule has 1 aromatic carbocycles. The molecule has 1 fully saturated rings. The molecule has 0 bridgehead atoms. The molecule has 6 heteroatoms. The number of fused-ring (bicyclic) bond motifs is 1. The summed E-state index contributed by atoms with van der Waals surface area (Å²) in [7, 11) is 0. The van der Waals surface area contributed by atoms with Gasteiger partial charge >= 0.3 is 0 Å². The molecule has 0 spiro atoms. The van der Waals surface area contributed by atoms with E-state index >= 15 is 0 Å². The Hall–Kier alpha value is -2.08. The quantitative estimate of drug-likeness (QED) is 0.498.